The summed E-state index contributed by atoms with van der Waals surface area (Å²) in [5, 5.41) is 2.81. The highest BCUT2D eigenvalue weighted by Gasteiger charge is 2.43. The first-order valence-electron chi connectivity index (χ1n) is 6.81. The fourth-order valence-electron chi connectivity index (χ4n) is 2.82. The highest BCUT2D eigenvalue weighted by Crippen LogP contribution is 2.37. The zero-order chi connectivity index (χ0) is 15.8. The van der Waals surface area contributed by atoms with E-state index in [1.807, 2.05) is 13.8 Å². The second-order valence-electron chi connectivity index (χ2n) is 5.84. The van der Waals surface area contributed by atoms with Gasteiger partial charge in [-0.1, -0.05) is 19.9 Å². The van der Waals surface area contributed by atoms with Crippen molar-refractivity contribution in [3.63, 3.8) is 0 Å². The first-order valence-corrected chi connectivity index (χ1v) is 6.81. The van der Waals surface area contributed by atoms with Gasteiger partial charge in [0.25, 0.3) is 0 Å². The summed E-state index contributed by atoms with van der Waals surface area (Å²) >= 11 is 0. The van der Waals surface area contributed by atoms with Crippen LogP contribution in [0.2, 0.25) is 0 Å². The van der Waals surface area contributed by atoms with Crippen LogP contribution in [0.25, 0.3) is 0 Å². The lowest BCUT2D eigenvalue weighted by Gasteiger charge is -2.34. The second-order valence-corrected chi connectivity index (χ2v) is 5.84. The SMILES string of the molecule is CC(C)C1(Cc2ccc(F)cc2C(F)(F)F)CCC(=O)N1. The zero-order valence-corrected chi connectivity index (χ0v) is 11.9. The third-order valence-corrected chi connectivity index (χ3v) is 4.17. The molecule has 2 rings (SSSR count). The molecule has 1 unspecified atom stereocenters. The van der Waals surface area contributed by atoms with Crippen LogP contribution in [-0.4, -0.2) is 11.4 Å². The summed E-state index contributed by atoms with van der Waals surface area (Å²) in [6, 6.07) is 2.70. The lowest BCUT2D eigenvalue weighted by molar-refractivity contribution is -0.138. The summed E-state index contributed by atoms with van der Waals surface area (Å²) in [6.45, 7) is 3.73. The Morgan fingerprint density at radius 3 is 2.48 bits per heavy atom. The van der Waals surface area contributed by atoms with Gasteiger partial charge in [-0.05, 0) is 36.5 Å². The molecule has 1 aliphatic rings. The molecule has 1 fully saturated rings. The Hall–Kier alpha value is -1.59. The van der Waals surface area contributed by atoms with E-state index in [9.17, 15) is 22.4 Å². The first-order chi connectivity index (χ1) is 9.64. The molecule has 0 spiro atoms. The quantitative estimate of drug-likeness (QED) is 0.848. The first kappa shape index (κ1) is 15.8. The topological polar surface area (TPSA) is 29.1 Å². The molecule has 0 saturated carbocycles. The Balaban J connectivity index is 2.41. The fraction of sp³-hybridized carbons (Fsp3) is 0.533. The molecule has 0 radical (unpaired) electrons. The second kappa shape index (κ2) is 5.31. The van der Waals surface area contributed by atoms with Crippen LogP contribution in [0.1, 0.15) is 37.8 Å². The van der Waals surface area contributed by atoms with Crippen LogP contribution >= 0.6 is 0 Å². The molecule has 116 valence electrons. The monoisotopic (exact) mass is 303 g/mol. The van der Waals surface area contributed by atoms with Gasteiger partial charge in [-0.2, -0.15) is 13.2 Å². The standard InChI is InChI=1S/C15H17F4NO/c1-9(2)14(6-5-13(21)20-14)8-10-3-4-11(16)7-12(10)15(17,18)19/h3-4,7,9H,5-6,8H2,1-2H3,(H,20,21). The van der Waals surface area contributed by atoms with Gasteiger partial charge in [0.2, 0.25) is 5.91 Å². The molecule has 1 saturated heterocycles. The maximum atomic E-state index is 13.1. The fourth-order valence-corrected chi connectivity index (χ4v) is 2.82. The van der Waals surface area contributed by atoms with E-state index in [2.05, 4.69) is 5.32 Å². The van der Waals surface area contributed by atoms with Gasteiger partial charge < -0.3 is 5.32 Å². The average Bonchev–Trinajstić information content (AvgIpc) is 2.73. The Morgan fingerprint density at radius 1 is 1.33 bits per heavy atom. The van der Waals surface area contributed by atoms with Crippen LogP contribution in [0, 0.1) is 11.7 Å². The van der Waals surface area contributed by atoms with E-state index >= 15 is 0 Å². The van der Waals surface area contributed by atoms with Crippen LogP contribution < -0.4 is 5.32 Å². The summed E-state index contributed by atoms with van der Waals surface area (Å²) < 4.78 is 52.3. The van der Waals surface area contributed by atoms with Crippen molar-refractivity contribution in [2.24, 2.45) is 5.92 Å². The normalized spacial score (nSPS) is 22.7. The molecule has 1 heterocycles. The van der Waals surface area contributed by atoms with Crippen LogP contribution in [0.15, 0.2) is 18.2 Å². The van der Waals surface area contributed by atoms with Gasteiger partial charge >= 0.3 is 6.18 Å². The van der Waals surface area contributed by atoms with Crippen LogP contribution in [-0.2, 0) is 17.4 Å². The molecular formula is C15H17F4NO. The lowest BCUT2D eigenvalue weighted by Crippen LogP contribution is -2.48. The molecule has 1 aromatic rings. The van der Waals surface area contributed by atoms with Crippen molar-refractivity contribution in [1.82, 2.24) is 5.32 Å². The number of halogens is 4. The molecule has 21 heavy (non-hydrogen) atoms. The van der Waals surface area contributed by atoms with Gasteiger partial charge in [0.1, 0.15) is 5.82 Å². The maximum Gasteiger partial charge on any atom is 0.416 e. The molecule has 1 aliphatic heterocycles. The Kier molecular flexibility index (Phi) is 4.00. The number of carbonyl (C=O) groups is 1. The number of carbonyl (C=O) groups excluding carboxylic acids is 1. The van der Waals surface area contributed by atoms with Crippen molar-refractivity contribution in [1.29, 1.82) is 0 Å². The van der Waals surface area contributed by atoms with E-state index in [1.165, 1.54) is 0 Å². The molecule has 0 aliphatic carbocycles. The van der Waals surface area contributed by atoms with E-state index in [0.717, 1.165) is 12.1 Å². The van der Waals surface area contributed by atoms with Crippen molar-refractivity contribution in [3.05, 3.63) is 35.1 Å². The molecule has 0 aromatic heterocycles. The third-order valence-electron chi connectivity index (χ3n) is 4.17. The Bertz CT molecular complexity index is 553. The molecule has 2 nitrogen and oxygen atoms in total. The van der Waals surface area contributed by atoms with Gasteiger partial charge in [-0.25, -0.2) is 4.39 Å². The van der Waals surface area contributed by atoms with Gasteiger partial charge in [0.15, 0.2) is 0 Å². The third kappa shape index (κ3) is 3.19. The number of alkyl halides is 3. The summed E-state index contributed by atoms with van der Waals surface area (Å²) in [5.41, 5.74) is -1.65. The predicted octanol–water partition coefficient (Wildman–Crippen LogP) is 3.69. The van der Waals surface area contributed by atoms with E-state index in [-0.39, 0.29) is 23.8 Å². The average molecular weight is 303 g/mol. The minimum Gasteiger partial charge on any atom is -0.350 e. The van der Waals surface area contributed by atoms with Crippen LogP contribution in [0.3, 0.4) is 0 Å². The van der Waals surface area contributed by atoms with Crippen molar-refractivity contribution >= 4 is 5.91 Å². The van der Waals surface area contributed by atoms with Gasteiger partial charge in [0.05, 0.1) is 5.56 Å². The van der Waals surface area contributed by atoms with Crippen LogP contribution in [0.5, 0.6) is 0 Å². The van der Waals surface area contributed by atoms with Crippen LogP contribution in [0.4, 0.5) is 17.6 Å². The number of rotatable bonds is 3. The molecular weight excluding hydrogens is 286 g/mol. The summed E-state index contributed by atoms with van der Waals surface area (Å²) in [6.07, 6.45) is -3.78. The van der Waals surface area contributed by atoms with Crippen molar-refractivity contribution in [2.45, 2.75) is 44.8 Å². The van der Waals surface area contributed by atoms with Crippen molar-refractivity contribution in [3.8, 4) is 0 Å². The van der Waals surface area contributed by atoms with Gasteiger partial charge in [0, 0.05) is 12.0 Å². The molecule has 1 amide bonds. The molecule has 1 atom stereocenters. The maximum absolute atomic E-state index is 13.1. The number of benzene rings is 1. The summed E-state index contributed by atoms with van der Waals surface area (Å²) in [7, 11) is 0. The van der Waals surface area contributed by atoms with E-state index < -0.39 is 23.1 Å². The molecule has 0 bridgehead atoms. The number of hydrogen-bond acceptors (Lipinski definition) is 1. The van der Waals surface area contributed by atoms with E-state index in [1.54, 1.807) is 0 Å². The highest BCUT2D eigenvalue weighted by molar-refractivity contribution is 5.79. The van der Waals surface area contributed by atoms with Crippen molar-refractivity contribution in [2.75, 3.05) is 0 Å². The summed E-state index contributed by atoms with van der Waals surface area (Å²) in [4.78, 5) is 11.5. The van der Waals surface area contributed by atoms with Crippen molar-refractivity contribution < 1.29 is 22.4 Å². The van der Waals surface area contributed by atoms with Gasteiger partial charge in [-0.15, -0.1) is 0 Å². The zero-order valence-electron chi connectivity index (χ0n) is 11.9. The Morgan fingerprint density at radius 2 is 2.00 bits per heavy atom. The lowest BCUT2D eigenvalue weighted by atomic mass is 9.79. The number of nitrogens with one attached hydrogen (secondary N) is 1. The number of hydrogen-bond donors (Lipinski definition) is 1. The Labute approximate surface area is 120 Å². The molecule has 6 heteroatoms. The highest BCUT2D eigenvalue weighted by atomic mass is 19.4. The molecule has 1 N–H and O–H groups in total. The predicted molar refractivity (Wildman–Crippen MR) is 70.1 cm³/mol. The van der Waals surface area contributed by atoms with Gasteiger partial charge in [-0.3, -0.25) is 4.79 Å². The molecule has 1 aromatic carbocycles. The number of amides is 1. The van der Waals surface area contributed by atoms with E-state index in [0.29, 0.717) is 18.9 Å². The minimum absolute atomic E-state index is 0.0137. The largest absolute Gasteiger partial charge is 0.416 e. The smallest absolute Gasteiger partial charge is 0.350 e. The minimum atomic E-state index is -4.61. The van der Waals surface area contributed by atoms with E-state index in [4.69, 9.17) is 0 Å². The summed E-state index contributed by atoms with van der Waals surface area (Å²) in [5.74, 6) is -1.09.